The van der Waals surface area contributed by atoms with E-state index in [0.29, 0.717) is 13.2 Å². The first-order valence-electron chi connectivity index (χ1n) is 6.55. The zero-order valence-electron chi connectivity index (χ0n) is 11.9. The molecule has 0 heterocycles. The molecule has 0 radical (unpaired) electrons. The second kappa shape index (κ2) is 8.92. The maximum absolute atomic E-state index is 11.5. The number of anilines is 1. The molecule has 0 aliphatic carbocycles. The van der Waals surface area contributed by atoms with Crippen molar-refractivity contribution in [3.63, 3.8) is 0 Å². The Bertz CT molecular complexity index is 432. The molecule has 0 spiro atoms. The quantitative estimate of drug-likeness (QED) is 0.654. The summed E-state index contributed by atoms with van der Waals surface area (Å²) in [5, 5.41) is 7.68. The molecule has 110 valence electrons. The van der Waals surface area contributed by atoms with Gasteiger partial charge in [-0.15, -0.1) is 0 Å². The summed E-state index contributed by atoms with van der Waals surface area (Å²) in [5.74, 6) is -0.389. The van der Waals surface area contributed by atoms with Crippen molar-refractivity contribution in [3.8, 4) is 0 Å². The number of aryl methyl sites for hydroxylation is 1. The largest absolute Gasteiger partial charge is 0.383 e. The average Bonchev–Trinajstić information content (AvgIpc) is 2.46. The summed E-state index contributed by atoms with van der Waals surface area (Å²) in [4.78, 5) is 22.8. The first kappa shape index (κ1) is 16.0. The minimum atomic E-state index is -0.518. The molecule has 1 rings (SSSR count). The number of imide groups is 1. The maximum atomic E-state index is 11.5. The van der Waals surface area contributed by atoms with Crippen LogP contribution in [0.4, 0.5) is 10.5 Å². The van der Waals surface area contributed by atoms with Gasteiger partial charge in [0.25, 0.3) is 0 Å². The lowest BCUT2D eigenvalue weighted by Crippen LogP contribution is -2.42. The van der Waals surface area contributed by atoms with Gasteiger partial charge < -0.3 is 15.4 Å². The summed E-state index contributed by atoms with van der Waals surface area (Å²) in [6.07, 6.45) is 0.975. The van der Waals surface area contributed by atoms with Crippen LogP contribution in [-0.2, 0) is 16.0 Å². The molecular weight excluding hydrogens is 258 g/mol. The Morgan fingerprint density at radius 3 is 2.50 bits per heavy atom. The fraction of sp³-hybridized carbons (Fsp3) is 0.429. The highest BCUT2D eigenvalue weighted by atomic mass is 16.5. The van der Waals surface area contributed by atoms with Gasteiger partial charge in [0, 0.05) is 19.3 Å². The number of hydrogen-bond acceptors (Lipinski definition) is 4. The molecule has 0 unspecified atom stereocenters. The highest BCUT2D eigenvalue weighted by molar-refractivity contribution is 5.96. The normalized spacial score (nSPS) is 9.90. The molecule has 6 heteroatoms. The van der Waals surface area contributed by atoms with Gasteiger partial charge in [0.05, 0.1) is 13.2 Å². The van der Waals surface area contributed by atoms with E-state index >= 15 is 0 Å². The van der Waals surface area contributed by atoms with E-state index in [1.54, 1.807) is 7.11 Å². The number of carbonyl (C=O) groups excluding carboxylic acids is 2. The van der Waals surface area contributed by atoms with Crippen LogP contribution in [0.5, 0.6) is 0 Å². The molecular formula is C14H21N3O3. The minimum Gasteiger partial charge on any atom is -0.383 e. The van der Waals surface area contributed by atoms with Gasteiger partial charge in [-0.25, -0.2) is 4.79 Å². The smallest absolute Gasteiger partial charge is 0.321 e. The topological polar surface area (TPSA) is 79.5 Å². The molecule has 20 heavy (non-hydrogen) atoms. The lowest BCUT2D eigenvalue weighted by molar-refractivity contribution is -0.118. The molecule has 6 nitrogen and oxygen atoms in total. The van der Waals surface area contributed by atoms with Gasteiger partial charge in [-0.2, -0.15) is 0 Å². The van der Waals surface area contributed by atoms with Crippen LogP contribution in [0.15, 0.2) is 24.3 Å². The Morgan fingerprint density at radius 1 is 1.20 bits per heavy atom. The van der Waals surface area contributed by atoms with Gasteiger partial charge >= 0.3 is 6.03 Å². The third-order valence-corrected chi connectivity index (χ3v) is 2.66. The van der Waals surface area contributed by atoms with Crippen molar-refractivity contribution in [2.24, 2.45) is 0 Å². The molecule has 3 N–H and O–H groups in total. The van der Waals surface area contributed by atoms with Crippen molar-refractivity contribution in [2.45, 2.75) is 13.3 Å². The van der Waals surface area contributed by atoms with Gasteiger partial charge in [-0.1, -0.05) is 19.1 Å². The van der Waals surface area contributed by atoms with E-state index in [2.05, 4.69) is 22.9 Å². The Morgan fingerprint density at radius 2 is 1.90 bits per heavy atom. The van der Waals surface area contributed by atoms with Crippen LogP contribution in [0.25, 0.3) is 0 Å². The first-order chi connectivity index (χ1) is 9.65. The van der Waals surface area contributed by atoms with Gasteiger partial charge in [-0.3, -0.25) is 10.1 Å². The molecule has 0 aliphatic heterocycles. The van der Waals surface area contributed by atoms with E-state index in [9.17, 15) is 9.59 Å². The number of benzene rings is 1. The minimum absolute atomic E-state index is 0.0448. The molecule has 0 atom stereocenters. The summed E-state index contributed by atoms with van der Waals surface area (Å²) in [6, 6.07) is 7.29. The van der Waals surface area contributed by atoms with Crippen molar-refractivity contribution < 1.29 is 14.3 Å². The van der Waals surface area contributed by atoms with Crippen LogP contribution in [0.3, 0.4) is 0 Å². The molecule has 1 aromatic carbocycles. The number of carbonyl (C=O) groups is 2. The van der Waals surface area contributed by atoms with Crippen molar-refractivity contribution >= 4 is 17.6 Å². The Labute approximate surface area is 118 Å². The van der Waals surface area contributed by atoms with E-state index in [1.165, 1.54) is 5.56 Å². The summed E-state index contributed by atoms with van der Waals surface area (Å²) in [5.41, 5.74) is 2.08. The molecule has 0 bridgehead atoms. The van der Waals surface area contributed by atoms with E-state index < -0.39 is 6.03 Å². The summed E-state index contributed by atoms with van der Waals surface area (Å²) < 4.78 is 4.78. The second-order valence-electron chi connectivity index (χ2n) is 4.20. The summed E-state index contributed by atoms with van der Waals surface area (Å²) in [7, 11) is 1.54. The lowest BCUT2D eigenvalue weighted by Gasteiger charge is -2.08. The maximum Gasteiger partial charge on any atom is 0.321 e. The van der Waals surface area contributed by atoms with Crippen LogP contribution in [0.2, 0.25) is 0 Å². The SMILES string of the molecule is CCc1ccc(NCC(=O)NC(=O)NCCOC)cc1. The molecule has 0 aromatic heterocycles. The van der Waals surface area contributed by atoms with Crippen molar-refractivity contribution in [2.75, 3.05) is 32.1 Å². The van der Waals surface area contributed by atoms with Crippen molar-refractivity contribution in [3.05, 3.63) is 29.8 Å². The highest BCUT2D eigenvalue weighted by Gasteiger charge is 2.06. The van der Waals surface area contributed by atoms with Crippen molar-refractivity contribution in [1.82, 2.24) is 10.6 Å². The van der Waals surface area contributed by atoms with Gasteiger partial charge in [0.15, 0.2) is 0 Å². The molecule has 0 saturated carbocycles. The van der Waals surface area contributed by atoms with Crippen molar-refractivity contribution in [1.29, 1.82) is 0 Å². The molecule has 0 saturated heterocycles. The van der Waals surface area contributed by atoms with E-state index in [1.807, 2.05) is 24.3 Å². The van der Waals surface area contributed by atoms with Crippen LogP contribution >= 0.6 is 0 Å². The Balaban J connectivity index is 2.26. The van der Waals surface area contributed by atoms with E-state index in [-0.39, 0.29) is 12.5 Å². The predicted octanol–water partition coefficient (Wildman–Crippen LogP) is 1.13. The summed E-state index contributed by atoms with van der Waals surface area (Å²) in [6.45, 7) is 2.90. The third kappa shape index (κ3) is 6.19. The predicted molar refractivity (Wildman–Crippen MR) is 77.7 cm³/mol. The molecule has 1 aromatic rings. The lowest BCUT2D eigenvalue weighted by atomic mass is 10.1. The van der Waals surface area contributed by atoms with Crippen LogP contribution in [0, 0.1) is 0 Å². The number of nitrogens with one attached hydrogen (secondary N) is 3. The van der Waals surface area contributed by atoms with Crippen LogP contribution in [-0.4, -0.2) is 38.7 Å². The molecule has 3 amide bonds. The number of amides is 3. The number of ether oxygens (including phenoxy) is 1. The van der Waals surface area contributed by atoms with Gasteiger partial charge in [0.2, 0.25) is 5.91 Å². The first-order valence-corrected chi connectivity index (χ1v) is 6.55. The number of methoxy groups -OCH3 is 1. The number of hydrogen-bond donors (Lipinski definition) is 3. The molecule has 0 fully saturated rings. The van der Waals surface area contributed by atoms with Crippen LogP contribution in [0.1, 0.15) is 12.5 Å². The van der Waals surface area contributed by atoms with Crippen LogP contribution < -0.4 is 16.0 Å². The fourth-order valence-corrected chi connectivity index (χ4v) is 1.52. The standard InChI is InChI=1S/C14H21N3O3/c1-3-11-4-6-12(7-5-11)16-10-13(18)17-14(19)15-8-9-20-2/h4-7,16H,3,8-10H2,1-2H3,(H2,15,17,18,19). The fourth-order valence-electron chi connectivity index (χ4n) is 1.52. The Kier molecular flexibility index (Phi) is 7.13. The average molecular weight is 279 g/mol. The highest BCUT2D eigenvalue weighted by Crippen LogP contribution is 2.09. The van der Waals surface area contributed by atoms with E-state index in [0.717, 1.165) is 12.1 Å². The number of urea groups is 1. The number of rotatable bonds is 7. The van der Waals surface area contributed by atoms with Gasteiger partial charge in [-0.05, 0) is 24.1 Å². The van der Waals surface area contributed by atoms with E-state index in [4.69, 9.17) is 4.74 Å². The monoisotopic (exact) mass is 279 g/mol. The summed E-state index contributed by atoms with van der Waals surface area (Å²) >= 11 is 0. The zero-order chi connectivity index (χ0) is 14.8. The Hall–Kier alpha value is -2.08. The zero-order valence-corrected chi connectivity index (χ0v) is 11.9. The molecule has 0 aliphatic rings. The third-order valence-electron chi connectivity index (χ3n) is 2.66. The van der Waals surface area contributed by atoms with Gasteiger partial charge in [0.1, 0.15) is 0 Å². The second-order valence-corrected chi connectivity index (χ2v) is 4.20.